The molecule has 0 saturated heterocycles. The van der Waals surface area contributed by atoms with Gasteiger partial charge in [0.25, 0.3) is 0 Å². The van der Waals surface area contributed by atoms with Crippen LogP contribution in [0.15, 0.2) is 24.3 Å². The van der Waals surface area contributed by atoms with E-state index in [0.29, 0.717) is 6.61 Å². The number of hydrogen-bond acceptors (Lipinski definition) is 2. The Morgan fingerprint density at radius 2 is 2.32 bits per heavy atom. The zero-order valence-corrected chi connectivity index (χ0v) is 11.0. The number of H-pyrrole nitrogens is 1. The molecule has 4 nitrogen and oxygen atoms in total. The largest absolute Gasteiger partial charge is 0.450 e. The first-order valence-electron chi connectivity index (χ1n) is 6.79. The number of para-hydroxylation sites is 1. The van der Waals surface area contributed by atoms with E-state index in [0.717, 1.165) is 19.3 Å². The lowest BCUT2D eigenvalue weighted by Crippen LogP contribution is -2.39. The van der Waals surface area contributed by atoms with Gasteiger partial charge in [-0.1, -0.05) is 18.2 Å². The van der Waals surface area contributed by atoms with Crippen LogP contribution in [0, 0.1) is 0 Å². The van der Waals surface area contributed by atoms with Gasteiger partial charge in [-0.15, -0.1) is 0 Å². The highest BCUT2D eigenvalue weighted by molar-refractivity contribution is 5.85. The lowest BCUT2D eigenvalue weighted by atomic mass is 9.92. The maximum absolute atomic E-state index is 11.5. The SMILES string of the molecule is CCOC(=O)NC1CCc2c([nH]c3ccccc23)C1. The third-order valence-electron chi connectivity index (χ3n) is 3.69. The van der Waals surface area contributed by atoms with Crippen molar-refractivity contribution in [3.63, 3.8) is 0 Å². The Kier molecular flexibility index (Phi) is 3.15. The predicted molar refractivity (Wildman–Crippen MR) is 74.3 cm³/mol. The fourth-order valence-electron chi connectivity index (χ4n) is 2.85. The molecule has 1 unspecified atom stereocenters. The average molecular weight is 258 g/mol. The Balaban J connectivity index is 1.78. The number of aryl methyl sites for hydroxylation is 1. The summed E-state index contributed by atoms with van der Waals surface area (Å²) in [7, 11) is 0. The quantitative estimate of drug-likeness (QED) is 0.870. The van der Waals surface area contributed by atoms with Gasteiger partial charge in [0, 0.05) is 29.1 Å². The third-order valence-corrected chi connectivity index (χ3v) is 3.69. The van der Waals surface area contributed by atoms with Crippen molar-refractivity contribution >= 4 is 17.0 Å². The van der Waals surface area contributed by atoms with Crippen molar-refractivity contribution in [1.82, 2.24) is 10.3 Å². The van der Waals surface area contributed by atoms with E-state index in [1.165, 1.54) is 22.2 Å². The molecule has 4 heteroatoms. The fourth-order valence-corrected chi connectivity index (χ4v) is 2.85. The number of fused-ring (bicyclic) bond motifs is 3. The Hall–Kier alpha value is -1.97. The summed E-state index contributed by atoms with van der Waals surface area (Å²) in [5.74, 6) is 0. The van der Waals surface area contributed by atoms with Gasteiger partial charge in [-0.3, -0.25) is 0 Å². The summed E-state index contributed by atoms with van der Waals surface area (Å²) >= 11 is 0. The van der Waals surface area contributed by atoms with E-state index < -0.39 is 0 Å². The molecule has 1 amide bonds. The van der Waals surface area contributed by atoms with Gasteiger partial charge in [-0.2, -0.15) is 0 Å². The van der Waals surface area contributed by atoms with Crippen molar-refractivity contribution < 1.29 is 9.53 Å². The molecule has 1 aromatic carbocycles. The van der Waals surface area contributed by atoms with Gasteiger partial charge in [-0.25, -0.2) is 4.79 Å². The molecule has 100 valence electrons. The van der Waals surface area contributed by atoms with Gasteiger partial charge < -0.3 is 15.0 Å². The first-order valence-corrected chi connectivity index (χ1v) is 6.79. The Labute approximate surface area is 112 Å². The summed E-state index contributed by atoms with van der Waals surface area (Å²) in [5.41, 5.74) is 3.83. The molecule has 1 aliphatic rings. The highest BCUT2D eigenvalue weighted by Crippen LogP contribution is 2.28. The molecule has 0 bridgehead atoms. The van der Waals surface area contributed by atoms with Crippen LogP contribution in [0.1, 0.15) is 24.6 Å². The molecule has 0 fully saturated rings. The number of hydrogen-bond donors (Lipinski definition) is 2. The molecule has 0 saturated carbocycles. The van der Waals surface area contributed by atoms with Gasteiger partial charge in [0.15, 0.2) is 0 Å². The molecule has 0 spiro atoms. The number of carbonyl (C=O) groups is 1. The monoisotopic (exact) mass is 258 g/mol. The van der Waals surface area contributed by atoms with Crippen molar-refractivity contribution in [2.75, 3.05) is 6.61 Å². The van der Waals surface area contributed by atoms with Crippen LogP contribution >= 0.6 is 0 Å². The van der Waals surface area contributed by atoms with E-state index in [1.54, 1.807) is 0 Å². The number of carbonyl (C=O) groups excluding carboxylic acids is 1. The minimum absolute atomic E-state index is 0.166. The van der Waals surface area contributed by atoms with Crippen LogP contribution in [0.5, 0.6) is 0 Å². The number of nitrogens with one attached hydrogen (secondary N) is 2. The number of amides is 1. The Bertz CT molecular complexity index is 603. The second-order valence-electron chi connectivity index (χ2n) is 4.93. The van der Waals surface area contributed by atoms with Crippen LogP contribution in [0.2, 0.25) is 0 Å². The molecule has 19 heavy (non-hydrogen) atoms. The first kappa shape index (κ1) is 12.1. The molecule has 1 heterocycles. The van der Waals surface area contributed by atoms with E-state index in [2.05, 4.69) is 28.5 Å². The number of benzene rings is 1. The van der Waals surface area contributed by atoms with Gasteiger partial charge in [0.1, 0.15) is 0 Å². The van der Waals surface area contributed by atoms with Crippen molar-refractivity contribution in [2.45, 2.75) is 32.2 Å². The minimum Gasteiger partial charge on any atom is -0.450 e. The van der Waals surface area contributed by atoms with Crippen molar-refractivity contribution in [3.8, 4) is 0 Å². The highest BCUT2D eigenvalue weighted by atomic mass is 16.5. The fraction of sp³-hybridized carbons (Fsp3) is 0.400. The topological polar surface area (TPSA) is 54.1 Å². The van der Waals surface area contributed by atoms with Gasteiger partial charge in [0.2, 0.25) is 0 Å². The van der Waals surface area contributed by atoms with Gasteiger partial charge in [0.05, 0.1) is 6.61 Å². The molecule has 2 aromatic rings. The zero-order valence-electron chi connectivity index (χ0n) is 11.0. The molecule has 3 rings (SSSR count). The lowest BCUT2D eigenvalue weighted by Gasteiger charge is -2.23. The van der Waals surface area contributed by atoms with Crippen LogP contribution in [0.3, 0.4) is 0 Å². The van der Waals surface area contributed by atoms with Crippen molar-refractivity contribution in [2.24, 2.45) is 0 Å². The molecule has 2 N–H and O–H groups in total. The number of rotatable bonds is 2. The summed E-state index contributed by atoms with van der Waals surface area (Å²) in [6.45, 7) is 2.23. The number of aromatic amines is 1. The van der Waals surface area contributed by atoms with Crippen LogP contribution in [-0.2, 0) is 17.6 Å². The standard InChI is InChI=1S/C15H18N2O2/c1-2-19-15(18)16-10-7-8-12-11-5-3-4-6-13(11)17-14(12)9-10/h3-6,10,17H,2,7-9H2,1H3,(H,16,18). The predicted octanol–water partition coefficient (Wildman–Crippen LogP) is 2.77. The van der Waals surface area contributed by atoms with E-state index in [9.17, 15) is 4.79 Å². The zero-order chi connectivity index (χ0) is 13.2. The van der Waals surface area contributed by atoms with E-state index >= 15 is 0 Å². The minimum atomic E-state index is -0.313. The van der Waals surface area contributed by atoms with E-state index in [-0.39, 0.29) is 12.1 Å². The first-order chi connectivity index (χ1) is 9.28. The number of ether oxygens (including phenoxy) is 1. The molecular weight excluding hydrogens is 240 g/mol. The second kappa shape index (κ2) is 4.96. The Morgan fingerprint density at radius 3 is 3.16 bits per heavy atom. The van der Waals surface area contributed by atoms with Crippen LogP contribution in [0.25, 0.3) is 10.9 Å². The van der Waals surface area contributed by atoms with E-state index in [4.69, 9.17) is 4.74 Å². The summed E-state index contributed by atoms with van der Waals surface area (Å²) < 4.78 is 4.93. The Morgan fingerprint density at radius 1 is 1.47 bits per heavy atom. The van der Waals surface area contributed by atoms with Gasteiger partial charge in [-0.05, 0) is 31.4 Å². The third kappa shape index (κ3) is 2.30. The summed E-state index contributed by atoms with van der Waals surface area (Å²) in [6.07, 6.45) is 2.50. The maximum Gasteiger partial charge on any atom is 0.407 e. The lowest BCUT2D eigenvalue weighted by molar-refractivity contribution is 0.147. The highest BCUT2D eigenvalue weighted by Gasteiger charge is 2.23. The van der Waals surface area contributed by atoms with Crippen molar-refractivity contribution in [1.29, 1.82) is 0 Å². The smallest absolute Gasteiger partial charge is 0.407 e. The van der Waals surface area contributed by atoms with Gasteiger partial charge >= 0.3 is 6.09 Å². The number of aromatic nitrogens is 1. The molecule has 0 radical (unpaired) electrons. The summed E-state index contributed by atoms with van der Waals surface area (Å²) in [6, 6.07) is 8.53. The normalized spacial score (nSPS) is 18.1. The van der Waals surface area contributed by atoms with E-state index in [1.807, 2.05) is 13.0 Å². The number of alkyl carbamates (subject to hydrolysis) is 1. The van der Waals surface area contributed by atoms with Crippen molar-refractivity contribution in [3.05, 3.63) is 35.5 Å². The maximum atomic E-state index is 11.5. The molecular formula is C15H18N2O2. The average Bonchev–Trinajstić information content (AvgIpc) is 2.76. The molecule has 1 aromatic heterocycles. The molecule has 1 aliphatic carbocycles. The summed E-state index contributed by atoms with van der Waals surface area (Å²) in [4.78, 5) is 14.9. The molecule has 1 atom stereocenters. The summed E-state index contributed by atoms with van der Waals surface area (Å²) in [5, 5.41) is 4.24. The second-order valence-corrected chi connectivity index (χ2v) is 4.93. The van der Waals surface area contributed by atoms with Crippen LogP contribution < -0.4 is 5.32 Å². The van der Waals surface area contributed by atoms with Crippen LogP contribution in [-0.4, -0.2) is 23.7 Å². The molecule has 0 aliphatic heterocycles. The van der Waals surface area contributed by atoms with Crippen LogP contribution in [0.4, 0.5) is 4.79 Å².